The van der Waals surface area contributed by atoms with Gasteiger partial charge >= 0.3 is 0 Å². The largest absolute Gasteiger partial charge is 0.380 e. The van der Waals surface area contributed by atoms with Gasteiger partial charge < -0.3 is 10.1 Å². The Morgan fingerprint density at radius 3 is 2.53 bits per heavy atom. The molecule has 0 aromatic carbocycles. The van der Waals surface area contributed by atoms with Crippen molar-refractivity contribution in [1.82, 2.24) is 10.0 Å². The fraction of sp³-hybridized carbons (Fsp3) is 1.00. The average molecular weight is 238 g/mol. The van der Waals surface area contributed by atoms with E-state index in [0.717, 1.165) is 6.54 Å². The molecule has 0 heterocycles. The van der Waals surface area contributed by atoms with Gasteiger partial charge in [-0.3, -0.25) is 0 Å². The van der Waals surface area contributed by atoms with Gasteiger partial charge in [0.25, 0.3) is 0 Å². The van der Waals surface area contributed by atoms with E-state index in [0.29, 0.717) is 19.8 Å². The van der Waals surface area contributed by atoms with Crippen molar-refractivity contribution in [3.05, 3.63) is 0 Å². The zero-order valence-corrected chi connectivity index (χ0v) is 10.6. The third-order valence-electron chi connectivity index (χ3n) is 1.75. The van der Waals surface area contributed by atoms with Crippen molar-refractivity contribution in [3.63, 3.8) is 0 Å². The van der Waals surface area contributed by atoms with Crippen LogP contribution in [0, 0.1) is 0 Å². The molecule has 0 radical (unpaired) electrons. The van der Waals surface area contributed by atoms with E-state index in [4.69, 9.17) is 4.74 Å². The van der Waals surface area contributed by atoms with E-state index in [-0.39, 0.29) is 11.8 Å². The Balaban J connectivity index is 3.81. The molecule has 1 unspecified atom stereocenters. The predicted octanol–water partition coefficient (Wildman–Crippen LogP) is -0.0597. The molecule has 1 atom stereocenters. The second kappa shape index (κ2) is 8.04. The van der Waals surface area contributed by atoms with Gasteiger partial charge in [-0.2, -0.15) is 0 Å². The van der Waals surface area contributed by atoms with Crippen LogP contribution >= 0.6 is 0 Å². The van der Waals surface area contributed by atoms with E-state index in [2.05, 4.69) is 10.0 Å². The molecule has 0 amide bonds. The standard InChI is InChI=1S/C9H22N2O3S/c1-4-10-6-7-15(12,13)11-9(3)8-14-5-2/h9-11H,4-8H2,1-3H3. The molecule has 0 aliphatic heterocycles. The number of rotatable bonds is 9. The van der Waals surface area contributed by atoms with Crippen LogP contribution in [0.15, 0.2) is 0 Å². The first-order valence-corrected chi connectivity index (χ1v) is 6.95. The molecule has 15 heavy (non-hydrogen) atoms. The second-order valence-corrected chi connectivity index (χ2v) is 5.22. The topological polar surface area (TPSA) is 67.4 Å². The van der Waals surface area contributed by atoms with E-state index in [1.54, 1.807) is 6.92 Å². The predicted molar refractivity (Wildman–Crippen MR) is 61.4 cm³/mol. The van der Waals surface area contributed by atoms with Gasteiger partial charge in [-0.1, -0.05) is 6.92 Å². The molecule has 6 heteroatoms. The summed E-state index contributed by atoms with van der Waals surface area (Å²) in [6, 6.07) is -0.170. The van der Waals surface area contributed by atoms with E-state index in [1.807, 2.05) is 13.8 Å². The van der Waals surface area contributed by atoms with E-state index in [1.165, 1.54) is 0 Å². The van der Waals surface area contributed by atoms with Crippen molar-refractivity contribution < 1.29 is 13.2 Å². The number of sulfonamides is 1. The molecular formula is C9H22N2O3S. The van der Waals surface area contributed by atoms with Crippen LogP contribution in [0.3, 0.4) is 0 Å². The zero-order valence-electron chi connectivity index (χ0n) is 9.75. The summed E-state index contributed by atoms with van der Waals surface area (Å²) in [6.45, 7) is 7.89. The van der Waals surface area contributed by atoms with Crippen molar-refractivity contribution in [1.29, 1.82) is 0 Å². The lowest BCUT2D eigenvalue weighted by Crippen LogP contribution is -2.39. The maximum Gasteiger partial charge on any atom is 0.213 e. The van der Waals surface area contributed by atoms with Crippen LogP contribution in [0.5, 0.6) is 0 Å². The highest BCUT2D eigenvalue weighted by molar-refractivity contribution is 7.89. The van der Waals surface area contributed by atoms with E-state index >= 15 is 0 Å². The fourth-order valence-electron chi connectivity index (χ4n) is 1.08. The number of ether oxygens (including phenoxy) is 1. The quantitative estimate of drug-likeness (QED) is 0.552. The Labute approximate surface area is 92.6 Å². The molecular weight excluding hydrogens is 216 g/mol. The number of nitrogens with one attached hydrogen (secondary N) is 2. The monoisotopic (exact) mass is 238 g/mol. The van der Waals surface area contributed by atoms with Crippen LogP contribution in [0.25, 0.3) is 0 Å². The van der Waals surface area contributed by atoms with Crippen LogP contribution in [-0.4, -0.2) is 46.5 Å². The van der Waals surface area contributed by atoms with Crippen molar-refractivity contribution in [3.8, 4) is 0 Å². The summed E-state index contributed by atoms with van der Waals surface area (Å²) in [5.74, 6) is 0.108. The highest BCUT2D eigenvalue weighted by atomic mass is 32.2. The van der Waals surface area contributed by atoms with Crippen LogP contribution < -0.4 is 10.0 Å². The average Bonchev–Trinajstić information content (AvgIpc) is 2.14. The summed E-state index contributed by atoms with van der Waals surface area (Å²) in [5, 5.41) is 2.97. The van der Waals surface area contributed by atoms with E-state index < -0.39 is 10.0 Å². The molecule has 0 spiro atoms. The molecule has 0 aliphatic carbocycles. The molecule has 5 nitrogen and oxygen atoms in total. The normalized spacial score (nSPS) is 14.1. The van der Waals surface area contributed by atoms with Gasteiger partial charge in [-0.25, -0.2) is 13.1 Å². The smallest absolute Gasteiger partial charge is 0.213 e. The first kappa shape index (κ1) is 14.8. The van der Waals surface area contributed by atoms with Gasteiger partial charge in [-0.15, -0.1) is 0 Å². The van der Waals surface area contributed by atoms with Gasteiger partial charge in [0.2, 0.25) is 10.0 Å². The third kappa shape index (κ3) is 8.80. The molecule has 0 rings (SSSR count). The molecule has 0 saturated heterocycles. The van der Waals surface area contributed by atoms with Gasteiger partial charge in [0.15, 0.2) is 0 Å². The first-order valence-electron chi connectivity index (χ1n) is 5.30. The summed E-state index contributed by atoms with van der Waals surface area (Å²) in [4.78, 5) is 0. The van der Waals surface area contributed by atoms with Gasteiger partial charge in [0.1, 0.15) is 0 Å². The van der Waals surface area contributed by atoms with Crippen LogP contribution in [-0.2, 0) is 14.8 Å². The van der Waals surface area contributed by atoms with Gasteiger partial charge in [0.05, 0.1) is 12.4 Å². The van der Waals surface area contributed by atoms with Crippen LogP contribution in [0.1, 0.15) is 20.8 Å². The second-order valence-electron chi connectivity index (χ2n) is 3.35. The summed E-state index contributed by atoms with van der Waals surface area (Å²) < 4.78 is 30.6. The van der Waals surface area contributed by atoms with Crippen LogP contribution in [0.4, 0.5) is 0 Å². The van der Waals surface area contributed by atoms with Gasteiger partial charge in [-0.05, 0) is 20.4 Å². The minimum absolute atomic E-state index is 0.108. The first-order chi connectivity index (χ1) is 7.02. The highest BCUT2D eigenvalue weighted by Gasteiger charge is 2.13. The lowest BCUT2D eigenvalue weighted by atomic mass is 10.4. The SMILES string of the molecule is CCNCCS(=O)(=O)NC(C)COCC. The minimum Gasteiger partial charge on any atom is -0.380 e. The summed E-state index contributed by atoms with van der Waals surface area (Å²) >= 11 is 0. The Kier molecular flexibility index (Phi) is 7.95. The maximum atomic E-state index is 11.5. The summed E-state index contributed by atoms with van der Waals surface area (Å²) in [6.07, 6.45) is 0. The summed E-state index contributed by atoms with van der Waals surface area (Å²) in [7, 11) is -3.18. The molecule has 92 valence electrons. The molecule has 0 bridgehead atoms. The Bertz CT molecular complexity index is 242. The fourth-order valence-corrected chi connectivity index (χ4v) is 2.29. The molecule has 2 N–H and O–H groups in total. The van der Waals surface area contributed by atoms with Gasteiger partial charge in [0, 0.05) is 19.2 Å². The molecule has 0 fully saturated rings. The molecule has 0 aromatic rings. The Morgan fingerprint density at radius 2 is 2.00 bits per heavy atom. The van der Waals surface area contributed by atoms with Crippen molar-refractivity contribution in [2.75, 3.05) is 32.1 Å². The number of hydrogen-bond acceptors (Lipinski definition) is 4. The Hall–Kier alpha value is -0.170. The Morgan fingerprint density at radius 1 is 1.33 bits per heavy atom. The van der Waals surface area contributed by atoms with Crippen molar-refractivity contribution >= 4 is 10.0 Å². The van der Waals surface area contributed by atoms with Crippen LogP contribution in [0.2, 0.25) is 0 Å². The molecule has 0 aromatic heterocycles. The van der Waals surface area contributed by atoms with E-state index in [9.17, 15) is 8.42 Å². The minimum atomic E-state index is -3.18. The lowest BCUT2D eigenvalue weighted by Gasteiger charge is -2.13. The zero-order chi connectivity index (χ0) is 11.7. The maximum absolute atomic E-state index is 11.5. The molecule has 0 aliphatic rings. The van der Waals surface area contributed by atoms with Crippen molar-refractivity contribution in [2.45, 2.75) is 26.8 Å². The third-order valence-corrected chi connectivity index (χ3v) is 3.25. The van der Waals surface area contributed by atoms with Crippen molar-refractivity contribution in [2.24, 2.45) is 0 Å². The lowest BCUT2D eigenvalue weighted by molar-refractivity contribution is 0.133. The highest BCUT2D eigenvalue weighted by Crippen LogP contribution is 1.90. The summed E-state index contributed by atoms with van der Waals surface area (Å²) in [5.41, 5.74) is 0. The number of hydrogen-bond donors (Lipinski definition) is 2. The molecule has 0 saturated carbocycles.